The van der Waals surface area contributed by atoms with Gasteiger partial charge in [0.1, 0.15) is 0 Å². The molecule has 1 rings (SSSR count). The second kappa shape index (κ2) is 5.31. The van der Waals surface area contributed by atoms with Crippen LogP contribution in [0, 0.1) is 6.92 Å². The molecule has 1 aromatic heterocycles. The Bertz CT molecular complexity index is 325. The average Bonchev–Trinajstić information content (AvgIpc) is 2.48. The first-order valence-electron chi connectivity index (χ1n) is 4.73. The van der Waals surface area contributed by atoms with Crippen molar-refractivity contribution in [3.63, 3.8) is 0 Å². The minimum atomic E-state index is -4.29. The molecule has 7 heteroatoms. The molecule has 0 aliphatic rings. The number of hydrogen-bond acceptors (Lipinski definition) is 4. The lowest BCUT2D eigenvalue weighted by molar-refractivity contribution is -0.148. The molecule has 0 bridgehead atoms. The molecule has 0 fully saturated rings. The number of aliphatic hydroxyl groups is 1. The Labute approximate surface area is 90.6 Å². The zero-order chi connectivity index (χ0) is 12.2. The predicted octanol–water partition coefficient (Wildman–Crippen LogP) is 1.34. The van der Waals surface area contributed by atoms with Crippen molar-refractivity contribution in [2.24, 2.45) is 0 Å². The van der Waals surface area contributed by atoms with E-state index in [0.29, 0.717) is 11.5 Å². The first kappa shape index (κ1) is 13.0. The van der Waals surface area contributed by atoms with Crippen molar-refractivity contribution in [1.29, 1.82) is 0 Å². The van der Waals surface area contributed by atoms with Gasteiger partial charge in [0, 0.05) is 12.6 Å². The molecule has 0 saturated heterocycles. The van der Waals surface area contributed by atoms with Crippen molar-refractivity contribution >= 4 is 0 Å². The highest BCUT2D eigenvalue weighted by atomic mass is 19.4. The molecule has 1 heterocycles. The molecule has 1 aromatic rings. The van der Waals surface area contributed by atoms with E-state index in [4.69, 9.17) is 9.63 Å². The van der Waals surface area contributed by atoms with Crippen LogP contribution < -0.4 is 0 Å². The number of halogens is 3. The molecule has 0 radical (unpaired) electrons. The van der Waals surface area contributed by atoms with Gasteiger partial charge in [-0.2, -0.15) is 13.2 Å². The van der Waals surface area contributed by atoms with Crippen LogP contribution in [0.4, 0.5) is 13.2 Å². The maximum Gasteiger partial charge on any atom is 0.401 e. The largest absolute Gasteiger partial charge is 0.401 e. The Hall–Kier alpha value is -1.08. The van der Waals surface area contributed by atoms with E-state index in [-0.39, 0.29) is 19.7 Å². The third-order valence-electron chi connectivity index (χ3n) is 1.88. The van der Waals surface area contributed by atoms with Gasteiger partial charge >= 0.3 is 6.18 Å². The summed E-state index contributed by atoms with van der Waals surface area (Å²) in [6.45, 7) is 0.212. The molecule has 0 amide bonds. The number of aliphatic hydroxyl groups excluding tert-OH is 1. The third kappa shape index (κ3) is 4.63. The van der Waals surface area contributed by atoms with E-state index in [9.17, 15) is 13.2 Å². The standard InChI is InChI=1S/C9H13F3N2O2/c1-7-4-8(16-13-7)5-14(2-3-15)6-9(10,11)12/h4,15H,2-3,5-6H2,1H3. The van der Waals surface area contributed by atoms with Crippen LogP contribution in [0.5, 0.6) is 0 Å². The molecule has 0 aliphatic carbocycles. The van der Waals surface area contributed by atoms with Gasteiger partial charge in [0.15, 0.2) is 5.76 Å². The molecule has 0 aromatic carbocycles. The Morgan fingerprint density at radius 2 is 2.19 bits per heavy atom. The van der Waals surface area contributed by atoms with Crippen LogP contribution in [0.15, 0.2) is 10.6 Å². The summed E-state index contributed by atoms with van der Waals surface area (Å²) < 4.78 is 41.3. The fourth-order valence-electron chi connectivity index (χ4n) is 1.32. The minimum Gasteiger partial charge on any atom is -0.395 e. The van der Waals surface area contributed by atoms with Gasteiger partial charge in [-0.05, 0) is 6.92 Å². The number of alkyl halides is 3. The van der Waals surface area contributed by atoms with E-state index in [1.165, 1.54) is 0 Å². The smallest absolute Gasteiger partial charge is 0.395 e. The molecule has 0 unspecified atom stereocenters. The second-order valence-corrected chi connectivity index (χ2v) is 3.48. The van der Waals surface area contributed by atoms with Crippen LogP contribution in [0.1, 0.15) is 11.5 Å². The van der Waals surface area contributed by atoms with Crippen LogP contribution in [0.2, 0.25) is 0 Å². The summed E-state index contributed by atoms with van der Waals surface area (Å²) in [4.78, 5) is 1.06. The number of rotatable bonds is 5. The quantitative estimate of drug-likeness (QED) is 0.841. The van der Waals surface area contributed by atoms with Gasteiger partial charge in [-0.3, -0.25) is 4.90 Å². The van der Waals surface area contributed by atoms with Gasteiger partial charge < -0.3 is 9.63 Å². The fraction of sp³-hybridized carbons (Fsp3) is 0.667. The first-order chi connectivity index (χ1) is 7.40. The number of hydrogen-bond donors (Lipinski definition) is 1. The van der Waals surface area contributed by atoms with Crippen LogP contribution in [-0.2, 0) is 6.54 Å². The Balaban J connectivity index is 2.57. The van der Waals surface area contributed by atoms with Gasteiger partial charge in [0.2, 0.25) is 0 Å². The number of aromatic nitrogens is 1. The summed E-state index contributed by atoms with van der Waals surface area (Å²) in [5.41, 5.74) is 0.617. The Morgan fingerprint density at radius 1 is 1.50 bits per heavy atom. The van der Waals surface area contributed by atoms with E-state index in [0.717, 1.165) is 4.90 Å². The van der Waals surface area contributed by atoms with E-state index >= 15 is 0 Å². The topological polar surface area (TPSA) is 49.5 Å². The van der Waals surface area contributed by atoms with Crippen LogP contribution >= 0.6 is 0 Å². The molecule has 92 valence electrons. The van der Waals surface area contributed by atoms with Crippen molar-refractivity contribution in [2.45, 2.75) is 19.6 Å². The monoisotopic (exact) mass is 238 g/mol. The minimum absolute atomic E-state index is 0.0130. The summed E-state index contributed by atoms with van der Waals surface area (Å²) in [6, 6.07) is 1.57. The zero-order valence-electron chi connectivity index (χ0n) is 8.79. The second-order valence-electron chi connectivity index (χ2n) is 3.48. The highest BCUT2D eigenvalue weighted by molar-refractivity contribution is 5.02. The van der Waals surface area contributed by atoms with E-state index < -0.39 is 12.7 Å². The number of nitrogens with zero attached hydrogens (tertiary/aromatic N) is 2. The van der Waals surface area contributed by atoms with Crippen molar-refractivity contribution in [3.05, 3.63) is 17.5 Å². The van der Waals surface area contributed by atoms with Gasteiger partial charge in [-0.15, -0.1) is 0 Å². The first-order valence-corrected chi connectivity index (χ1v) is 4.73. The molecule has 0 atom stereocenters. The molecule has 1 N–H and O–H groups in total. The molecule has 0 aliphatic heterocycles. The average molecular weight is 238 g/mol. The molecular weight excluding hydrogens is 225 g/mol. The van der Waals surface area contributed by atoms with Crippen LogP contribution in [0.25, 0.3) is 0 Å². The van der Waals surface area contributed by atoms with Crippen LogP contribution in [-0.4, -0.2) is 41.0 Å². The SMILES string of the molecule is Cc1cc(CN(CCO)CC(F)(F)F)on1. The van der Waals surface area contributed by atoms with Gasteiger partial charge in [0.25, 0.3) is 0 Å². The summed E-state index contributed by atoms with van der Waals surface area (Å²) in [5, 5.41) is 12.2. The summed E-state index contributed by atoms with van der Waals surface area (Å²) in [6.07, 6.45) is -4.29. The van der Waals surface area contributed by atoms with E-state index in [1.807, 2.05) is 0 Å². The van der Waals surface area contributed by atoms with Gasteiger partial charge in [-0.25, -0.2) is 0 Å². The predicted molar refractivity (Wildman–Crippen MR) is 49.7 cm³/mol. The van der Waals surface area contributed by atoms with Crippen molar-refractivity contribution in [1.82, 2.24) is 10.1 Å². The fourth-order valence-corrected chi connectivity index (χ4v) is 1.32. The molecular formula is C9H13F3N2O2. The highest BCUT2D eigenvalue weighted by Crippen LogP contribution is 2.18. The lowest BCUT2D eigenvalue weighted by atomic mass is 10.3. The molecule has 0 spiro atoms. The van der Waals surface area contributed by atoms with Crippen LogP contribution in [0.3, 0.4) is 0 Å². The Kier molecular flexibility index (Phi) is 4.31. The Morgan fingerprint density at radius 3 is 2.62 bits per heavy atom. The van der Waals surface area contributed by atoms with E-state index in [1.54, 1.807) is 13.0 Å². The maximum atomic E-state index is 12.2. The molecule has 16 heavy (non-hydrogen) atoms. The maximum absolute atomic E-state index is 12.2. The lowest BCUT2D eigenvalue weighted by Crippen LogP contribution is -2.35. The number of aryl methyl sites for hydroxylation is 1. The van der Waals surface area contributed by atoms with Crippen molar-refractivity contribution < 1.29 is 22.8 Å². The highest BCUT2D eigenvalue weighted by Gasteiger charge is 2.30. The lowest BCUT2D eigenvalue weighted by Gasteiger charge is -2.20. The van der Waals surface area contributed by atoms with Gasteiger partial charge in [0.05, 0.1) is 25.4 Å². The zero-order valence-corrected chi connectivity index (χ0v) is 8.79. The normalized spacial score (nSPS) is 12.4. The van der Waals surface area contributed by atoms with E-state index in [2.05, 4.69) is 5.16 Å². The molecule has 4 nitrogen and oxygen atoms in total. The third-order valence-corrected chi connectivity index (χ3v) is 1.88. The molecule has 0 saturated carbocycles. The summed E-state index contributed by atoms with van der Waals surface area (Å²) in [7, 11) is 0. The van der Waals surface area contributed by atoms with Gasteiger partial charge in [-0.1, -0.05) is 5.16 Å². The van der Waals surface area contributed by atoms with Crippen molar-refractivity contribution in [3.8, 4) is 0 Å². The summed E-state index contributed by atoms with van der Waals surface area (Å²) in [5.74, 6) is 0.357. The van der Waals surface area contributed by atoms with Crippen molar-refractivity contribution in [2.75, 3.05) is 19.7 Å². The summed E-state index contributed by atoms with van der Waals surface area (Å²) >= 11 is 0.